The lowest BCUT2D eigenvalue weighted by molar-refractivity contribution is -0.122. The monoisotopic (exact) mass is 538 g/mol. The molecule has 1 N–H and O–H groups in total. The third-order valence-corrected chi connectivity index (χ3v) is 5.95. The molecule has 10 heteroatoms. The summed E-state index contributed by atoms with van der Waals surface area (Å²) >= 11 is 12.4. The Balaban J connectivity index is 1.64. The van der Waals surface area contributed by atoms with Gasteiger partial charge in [-0.15, -0.1) is 0 Å². The van der Waals surface area contributed by atoms with E-state index in [1.54, 1.807) is 31.2 Å². The number of nitrogens with one attached hydrogen (secondary N) is 1. The van der Waals surface area contributed by atoms with Gasteiger partial charge in [0.05, 0.1) is 17.9 Å². The number of hydrogen-bond acceptors (Lipinski definition) is 6. The summed E-state index contributed by atoms with van der Waals surface area (Å²) < 4.78 is 10.9. The molecule has 1 heterocycles. The van der Waals surface area contributed by atoms with Crippen molar-refractivity contribution in [2.45, 2.75) is 13.5 Å². The van der Waals surface area contributed by atoms with E-state index in [1.807, 2.05) is 12.1 Å². The zero-order valence-corrected chi connectivity index (χ0v) is 21.0. The largest absolute Gasteiger partial charge is 0.488 e. The highest BCUT2D eigenvalue weighted by Gasteiger charge is 2.37. The topological polar surface area (TPSA) is 102 Å². The maximum atomic E-state index is 13.3. The second-order valence-corrected chi connectivity index (χ2v) is 8.63. The number of nitrogens with zero attached hydrogens (tertiary/aromatic N) is 1. The van der Waals surface area contributed by atoms with Crippen LogP contribution in [0.25, 0.3) is 6.08 Å². The Hall–Kier alpha value is -4.14. The zero-order valence-electron chi connectivity index (χ0n) is 19.5. The van der Waals surface area contributed by atoms with Gasteiger partial charge in [-0.1, -0.05) is 41.4 Å². The third-order valence-electron chi connectivity index (χ3n) is 5.35. The van der Waals surface area contributed by atoms with Crippen molar-refractivity contribution >= 4 is 58.8 Å². The summed E-state index contributed by atoms with van der Waals surface area (Å²) in [6.07, 6.45) is 1.30. The fraction of sp³-hybridized carbons (Fsp3) is 0.111. The number of imide groups is 2. The molecule has 4 amide bonds. The quantitative estimate of drug-likeness (QED) is 0.245. The minimum Gasteiger partial charge on any atom is -0.488 e. The van der Waals surface area contributed by atoms with Gasteiger partial charge >= 0.3 is 12.0 Å². The molecule has 3 aromatic rings. The number of barbiturate groups is 1. The van der Waals surface area contributed by atoms with E-state index >= 15 is 0 Å². The molecule has 0 radical (unpaired) electrons. The van der Waals surface area contributed by atoms with E-state index in [1.165, 1.54) is 36.4 Å². The number of anilines is 1. The van der Waals surface area contributed by atoms with Gasteiger partial charge < -0.3 is 9.47 Å². The summed E-state index contributed by atoms with van der Waals surface area (Å²) in [4.78, 5) is 51.2. The smallest absolute Gasteiger partial charge is 0.338 e. The number of carbonyl (C=O) groups is 4. The maximum Gasteiger partial charge on any atom is 0.338 e. The molecule has 0 saturated carbocycles. The molecule has 8 nitrogen and oxygen atoms in total. The van der Waals surface area contributed by atoms with Crippen molar-refractivity contribution < 1.29 is 28.7 Å². The van der Waals surface area contributed by atoms with Crippen molar-refractivity contribution in [2.24, 2.45) is 0 Å². The minimum atomic E-state index is -0.919. The first-order valence-electron chi connectivity index (χ1n) is 11.1. The van der Waals surface area contributed by atoms with Gasteiger partial charge in [0.1, 0.15) is 17.9 Å². The Bertz CT molecular complexity index is 1420. The lowest BCUT2D eigenvalue weighted by Crippen LogP contribution is -2.54. The van der Waals surface area contributed by atoms with E-state index in [-0.39, 0.29) is 30.0 Å². The van der Waals surface area contributed by atoms with E-state index < -0.39 is 23.8 Å². The predicted octanol–water partition coefficient (Wildman–Crippen LogP) is 5.42. The molecule has 0 aliphatic carbocycles. The van der Waals surface area contributed by atoms with E-state index in [2.05, 4.69) is 5.32 Å². The fourth-order valence-electron chi connectivity index (χ4n) is 3.54. The van der Waals surface area contributed by atoms with Gasteiger partial charge in [0.2, 0.25) is 0 Å². The average molecular weight is 539 g/mol. The number of carbonyl (C=O) groups excluding carboxylic acids is 4. The fourth-order valence-corrected chi connectivity index (χ4v) is 3.91. The standard InChI is InChI=1S/C27H20Cl2N2O6/c1-2-36-26(34)16-7-10-20(11-8-16)31-25(33)21(24(32)30-27(31)35)14-18-13-19(28)9-12-23(18)37-15-17-5-3-4-6-22(17)29/h3-14H,2,15H2,1H3,(H,30,32,35)/b21-14+. The van der Waals surface area contributed by atoms with Crippen molar-refractivity contribution in [1.29, 1.82) is 0 Å². The normalized spacial score (nSPS) is 14.5. The van der Waals surface area contributed by atoms with Crippen LogP contribution in [0.2, 0.25) is 10.0 Å². The Labute approximate surface area is 222 Å². The van der Waals surface area contributed by atoms with Crippen molar-refractivity contribution in [3.8, 4) is 5.75 Å². The summed E-state index contributed by atoms with van der Waals surface area (Å²) in [6.45, 7) is 2.02. The van der Waals surface area contributed by atoms with Crippen molar-refractivity contribution in [2.75, 3.05) is 11.5 Å². The van der Waals surface area contributed by atoms with Crippen LogP contribution in [0.4, 0.5) is 10.5 Å². The van der Waals surface area contributed by atoms with Gasteiger partial charge in [-0.05, 0) is 61.5 Å². The van der Waals surface area contributed by atoms with Gasteiger partial charge in [-0.2, -0.15) is 0 Å². The van der Waals surface area contributed by atoms with Gasteiger partial charge in [-0.3, -0.25) is 14.9 Å². The summed E-state index contributed by atoms with van der Waals surface area (Å²) in [6, 6.07) is 16.7. The summed E-state index contributed by atoms with van der Waals surface area (Å²) in [5.41, 5.74) is 1.20. The van der Waals surface area contributed by atoms with E-state index in [0.717, 1.165) is 10.5 Å². The molecule has 0 unspecified atom stereocenters. The lowest BCUT2D eigenvalue weighted by atomic mass is 10.1. The highest BCUT2D eigenvalue weighted by molar-refractivity contribution is 6.39. The predicted molar refractivity (Wildman–Crippen MR) is 139 cm³/mol. The molecule has 0 spiro atoms. The molecule has 4 rings (SSSR count). The molecule has 37 heavy (non-hydrogen) atoms. The van der Waals surface area contributed by atoms with Crippen molar-refractivity contribution in [3.05, 3.63) is 99.0 Å². The highest BCUT2D eigenvalue weighted by atomic mass is 35.5. The second-order valence-electron chi connectivity index (χ2n) is 7.79. The van der Waals surface area contributed by atoms with Gasteiger partial charge in [-0.25, -0.2) is 14.5 Å². The van der Waals surface area contributed by atoms with Crippen LogP contribution in [0.1, 0.15) is 28.4 Å². The Kier molecular flexibility index (Phi) is 7.91. The van der Waals surface area contributed by atoms with E-state index in [4.69, 9.17) is 32.7 Å². The SMILES string of the molecule is CCOC(=O)c1ccc(N2C(=O)NC(=O)/C(=C\c3cc(Cl)ccc3OCc3ccccc3Cl)C2=O)cc1. The Morgan fingerprint density at radius 3 is 2.43 bits per heavy atom. The summed E-state index contributed by atoms with van der Waals surface area (Å²) in [7, 11) is 0. The van der Waals surface area contributed by atoms with Crippen LogP contribution in [0, 0.1) is 0 Å². The molecule has 1 aliphatic heterocycles. The zero-order chi connectivity index (χ0) is 26.5. The van der Waals surface area contributed by atoms with Gasteiger partial charge in [0.15, 0.2) is 0 Å². The first-order valence-corrected chi connectivity index (χ1v) is 11.9. The van der Waals surface area contributed by atoms with Crippen LogP contribution in [0.5, 0.6) is 5.75 Å². The average Bonchev–Trinajstić information content (AvgIpc) is 2.87. The number of rotatable bonds is 7. The van der Waals surface area contributed by atoms with Crippen LogP contribution in [-0.2, 0) is 20.9 Å². The van der Waals surface area contributed by atoms with Crippen molar-refractivity contribution in [3.63, 3.8) is 0 Å². The van der Waals surface area contributed by atoms with E-state index in [9.17, 15) is 19.2 Å². The molecule has 1 fully saturated rings. The van der Waals surface area contributed by atoms with Gasteiger partial charge in [0.25, 0.3) is 11.8 Å². The number of hydrogen-bond donors (Lipinski definition) is 1. The number of ether oxygens (including phenoxy) is 2. The van der Waals surface area contributed by atoms with Gasteiger partial charge in [0, 0.05) is 21.2 Å². The van der Waals surface area contributed by atoms with Crippen LogP contribution in [-0.4, -0.2) is 30.4 Å². The minimum absolute atomic E-state index is 0.134. The number of urea groups is 1. The third kappa shape index (κ3) is 5.82. The second kappa shape index (κ2) is 11.3. The highest BCUT2D eigenvalue weighted by Crippen LogP contribution is 2.29. The molecule has 3 aromatic carbocycles. The summed E-state index contributed by atoms with van der Waals surface area (Å²) in [5, 5.41) is 3.04. The summed E-state index contributed by atoms with van der Waals surface area (Å²) in [5.74, 6) is -1.91. The molecular formula is C27H20Cl2N2O6. The molecule has 1 aliphatic rings. The Morgan fingerprint density at radius 1 is 1.00 bits per heavy atom. The molecule has 1 saturated heterocycles. The molecule has 0 aromatic heterocycles. The lowest BCUT2D eigenvalue weighted by Gasteiger charge is -2.26. The molecule has 0 atom stereocenters. The number of esters is 1. The molecule has 188 valence electrons. The first-order chi connectivity index (χ1) is 17.8. The van der Waals surface area contributed by atoms with E-state index in [0.29, 0.717) is 21.4 Å². The van der Waals surface area contributed by atoms with Crippen LogP contribution in [0.3, 0.4) is 0 Å². The van der Waals surface area contributed by atoms with Crippen molar-refractivity contribution in [1.82, 2.24) is 5.32 Å². The molecule has 0 bridgehead atoms. The molecular weight excluding hydrogens is 519 g/mol. The Morgan fingerprint density at radius 2 is 1.73 bits per heavy atom. The van der Waals surface area contributed by atoms with Crippen LogP contribution < -0.4 is 15.0 Å². The number of amides is 4. The first kappa shape index (κ1) is 25.9. The maximum absolute atomic E-state index is 13.3. The number of benzene rings is 3. The van der Waals surface area contributed by atoms with Crippen LogP contribution in [0.15, 0.2) is 72.3 Å². The number of halogens is 2. The van der Waals surface area contributed by atoms with Crippen LogP contribution >= 0.6 is 23.2 Å².